The molecule has 1 aromatic heterocycles. The summed E-state index contributed by atoms with van der Waals surface area (Å²) in [5.41, 5.74) is 0.673. The normalized spacial score (nSPS) is 13.1. The Bertz CT molecular complexity index is 358. The highest BCUT2D eigenvalue weighted by molar-refractivity contribution is 5.76. The van der Waals surface area contributed by atoms with Crippen molar-refractivity contribution in [1.29, 1.82) is 0 Å². The van der Waals surface area contributed by atoms with Crippen LogP contribution in [0.5, 0.6) is 0 Å². The maximum absolute atomic E-state index is 11.1. The zero-order chi connectivity index (χ0) is 12.3. The molecule has 0 fully saturated rings. The fraction of sp³-hybridized carbons (Fsp3) is 0.583. The van der Waals surface area contributed by atoms with E-state index in [2.05, 4.69) is 9.97 Å². The van der Waals surface area contributed by atoms with Gasteiger partial charge in [-0.2, -0.15) is 0 Å². The van der Waals surface area contributed by atoms with Gasteiger partial charge in [-0.05, 0) is 5.92 Å². The Morgan fingerprint density at radius 1 is 1.19 bits per heavy atom. The van der Waals surface area contributed by atoms with Crippen LogP contribution in [0, 0.1) is 5.92 Å². The molecule has 1 heterocycles. The van der Waals surface area contributed by atoms with Gasteiger partial charge in [-0.3, -0.25) is 4.79 Å². The summed E-state index contributed by atoms with van der Waals surface area (Å²) in [6.07, 6.45) is 3.25. The highest BCUT2D eigenvalue weighted by atomic mass is 16.4. The van der Waals surface area contributed by atoms with Crippen LogP contribution < -0.4 is 0 Å². The molecule has 0 aromatic carbocycles. The fourth-order valence-corrected chi connectivity index (χ4v) is 1.62. The van der Waals surface area contributed by atoms with Crippen LogP contribution in [0.4, 0.5) is 0 Å². The summed E-state index contributed by atoms with van der Waals surface area (Å²) in [5, 5.41) is 9.12. The van der Waals surface area contributed by atoms with Gasteiger partial charge in [-0.25, -0.2) is 9.97 Å². The monoisotopic (exact) mass is 222 g/mol. The third-order valence-corrected chi connectivity index (χ3v) is 2.50. The number of carboxylic acids is 1. The third kappa shape index (κ3) is 2.78. The van der Waals surface area contributed by atoms with E-state index in [9.17, 15) is 4.79 Å². The van der Waals surface area contributed by atoms with E-state index in [1.807, 2.05) is 27.7 Å². The van der Waals surface area contributed by atoms with E-state index < -0.39 is 11.9 Å². The minimum atomic E-state index is -0.823. The average Bonchev–Trinajstić information content (AvgIpc) is 2.17. The zero-order valence-corrected chi connectivity index (χ0v) is 10.1. The van der Waals surface area contributed by atoms with Gasteiger partial charge < -0.3 is 5.11 Å². The summed E-state index contributed by atoms with van der Waals surface area (Å²) in [7, 11) is 0. The molecule has 4 nitrogen and oxygen atoms in total. The molecular formula is C12H18N2O2. The Balaban J connectivity index is 2.99. The van der Waals surface area contributed by atoms with E-state index in [1.165, 1.54) is 0 Å². The summed E-state index contributed by atoms with van der Waals surface area (Å²) in [4.78, 5) is 19.5. The van der Waals surface area contributed by atoms with Gasteiger partial charge >= 0.3 is 5.97 Å². The average molecular weight is 222 g/mol. The van der Waals surface area contributed by atoms with Crippen molar-refractivity contribution in [2.24, 2.45) is 5.92 Å². The molecule has 0 aliphatic rings. The summed E-state index contributed by atoms with van der Waals surface area (Å²) < 4.78 is 0. The second kappa shape index (κ2) is 5.05. The Kier molecular flexibility index (Phi) is 3.99. The Morgan fingerprint density at radius 2 is 1.69 bits per heavy atom. The van der Waals surface area contributed by atoms with Gasteiger partial charge in [0.15, 0.2) is 0 Å². The molecule has 0 aliphatic carbocycles. The molecule has 0 saturated heterocycles. The van der Waals surface area contributed by atoms with Crippen LogP contribution in [-0.2, 0) is 4.79 Å². The molecule has 0 bridgehead atoms. The van der Waals surface area contributed by atoms with E-state index in [1.54, 1.807) is 12.4 Å². The summed E-state index contributed by atoms with van der Waals surface area (Å²) in [6, 6.07) is 0. The van der Waals surface area contributed by atoms with Gasteiger partial charge in [0.25, 0.3) is 0 Å². The molecule has 88 valence electrons. The van der Waals surface area contributed by atoms with Gasteiger partial charge in [0.05, 0.1) is 5.92 Å². The number of carboxylic acid groups (broad SMARTS) is 1. The van der Waals surface area contributed by atoms with Crippen LogP contribution in [0.25, 0.3) is 0 Å². The molecule has 0 amide bonds. The SMILES string of the molecule is CC(C)c1ncc([C@@H](C(=O)O)C(C)C)cn1. The molecular weight excluding hydrogens is 204 g/mol. The predicted molar refractivity (Wildman–Crippen MR) is 61.3 cm³/mol. The van der Waals surface area contributed by atoms with Crippen molar-refractivity contribution in [2.75, 3.05) is 0 Å². The lowest BCUT2D eigenvalue weighted by Crippen LogP contribution is -2.18. The second-order valence-electron chi connectivity index (χ2n) is 4.59. The Labute approximate surface area is 95.7 Å². The van der Waals surface area contributed by atoms with Crippen molar-refractivity contribution in [3.63, 3.8) is 0 Å². The van der Waals surface area contributed by atoms with E-state index in [0.29, 0.717) is 5.56 Å². The van der Waals surface area contributed by atoms with Crippen LogP contribution in [0.2, 0.25) is 0 Å². The Hall–Kier alpha value is -1.45. The highest BCUT2D eigenvalue weighted by Gasteiger charge is 2.24. The number of hydrogen-bond acceptors (Lipinski definition) is 3. The van der Waals surface area contributed by atoms with Crippen molar-refractivity contribution in [2.45, 2.75) is 39.5 Å². The lowest BCUT2D eigenvalue weighted by atomic mass is 9.90. The zero-order valence-electron chi connectivity index (χ0n) is 10.1. The largest absolute Gasteiger partial charge is 0.481 e. The molecule has 0 spiro atoms. The van der Waals surface area contributed by atoms with Gasteiger partial charge in [0, 0.05) is 23.9 Å². The first-order valence-corrected chi connectivity index (χ1v) is 5.48. The molecule has 0 aliphatic heterocycles. The first-order chi connectivity index (χ1) is 7.43. The van der Waals surface area contributed by atoms with Crippen molar-refractivity contribution in [1.82, 2.24) is 9.97 Å². The number of rotatable bonds is 4. The van der Waals surface area contributed by atoms with Crippen LogP contribution >= 0.6 is 0 Å². The summed E-state index contributed by atoms with van der Waals surface area (Å²) in [6.45, 7) is 7.78. The number of aromatic nitrogens is 2. The molecule has 0 radical (unpaired) electrons. The molecule has 16 heavy (non-hydrogen) atoms. The highest BCUT2D eigenvalue weighted by Crippen LogP contribution is 2.24. The van der Waals surface area contributed by atoms with Gasteiger partial charge in [-0.1, -0.05) is 27.7 Å². The summed E-state index contributed by atoms with van der Waals surface area (Å²) >= 11 is 0. The van der Waals surface area contributed by atoms with Gasteiger partial charge in [0.1, 0.15) is 5.82 Å². The molecule has 1 N–H and O–H groups in total. The maximum atomic E-state index is 11.1. The first kappa shape index (κ1) is 12.6. The van der Waals surface area contributed by atoms with E-state index in [-0.39, 0.29) is 11.8 Å². The van der Waals surface area contributed by atoms with Crippen molar-refractivity contribution >= 4 is 5.97 Å². The lowest BCUT2D eigenvalue weighted by Gasteiger charge is -2.16. The molecule has 1 atom stereocenters. The van der Waals surface area contributed by atoms with E-state index in [0.717, 1.165) is 5.82 Å². The smallest absolute Gasteiger partial charge is 0.311 e. The number of nitrogens with zero attached hydrogens (tertiary/aromatic N) is 2. The predicted octanol–water partition coefficient (Wildman–Crippen LogP) is 2.42. The second-order valence-corrected chi connectivity index (χ2v) is 4.59. The topological polar surface area (TPSA) is 63.1 Å². The summed E-state index contributed by atoms with van der Waals surface area (Å²) in [5.74, 6) is -0.309. The van der Waals surface area contributed by atoms with Crippen LogP contribution in [0.1, 0.15) is 50.9 Å². The lowest BCUT2D eigenvalue weighted by molar-refractivity contribution is -0.139. The van der Waals surface area contributed by atoms with E-state index >= 15 is 0 Å². The van der Waals surface area contributed by atoms with Crippen LogP contribution in [-0.4, -0.2) is 21.0 Å². The molecule has 0 saturated carbocycles. The number of carbonyl (C=O) groups is 1. The quantitative estimate of drug-likeness (QED) is 0.849. The molecule has 1 rings (SSSR count). The molecule has 0 unspecified atom stereocenters. The molecule has 4 heteroatoms. The van der Waals surface area contributed by atoms with Crippen LogP contribution in [0.15, 0.2) is 12.4 Å². The maximum Gasteiger partial charge on any atom is 0.311 e. The van der Waals surface area contributed by atoms with Crippen molar-refractivity contribution < 1.29 is 9.90 Å². The number of hydrogen-bond donors (Lipinski definition) is 1. The third-order valence-electron chi connectivity index (χ3n) is 2.50. The first-order valence-electron chi connectivity index (χ1n) is 5.48. The minimum Gasteiger partial charge on any atom is -0.481 e. The minimum absolute atomic E-state index is 0.0333. The van der Waals surface area contributed by atoms with Crippen molar-refractivity contribution in [3.8, 4) is 0 Å². The fourth-order valence-electron chi connectivity index (χ4n) is 1.62. The van der Waals surface area contributed by atoms with Gasteiger partial charge in [-0.15, -0.1) is 0 Å². The number of aliphatic carboxylic acids is 1. The van der Waals surface area contributed by atoms with Crippen LogP contribution in [0.3, 0.4) is 0 Å². The van der Waals surface area contributed by atoms with Gasteiger partial charge in [0.2, 0.25) is 0 Å². The standard InChI is InChI=1S/C12H18N2O2/c1-7(2)10(12(15)16)9-5-13-11(8(3)4)14-6-9/h5-8,10H,1-4H3,(H,15,16)/t10-/m0/s1. The molecule has 1 aromatic rings. The Morgan fingerprint density at radius 3 is 2.00 bits per heavy atom. The van der Waals surface area contributed by atoms with E-state index in [4.69, 9.17) is 5.11 Å². The van der Waals surface area contributed by atoms with Crippen molar-refractivity contribution in [3.05, 3.63) is 23.8 Å².